The molecule has 180 valence electrons. The quantitative estimate of drug-likeness (QED) is 0.300. The predicted octanol–water partition coefficient (Wildman–Crippen LogP) is 2.91. The van der Waals surface area contributed by atoms with Gasteiger partial charge in [-0.2, -0.15) is 0 Å². The molecule has 0 aromatic heterocycles. The first-order valence-electron chi connectivity index (χ1n) is 12.2. The van der Waals surface area contributed by atoms with Crippen molar-refractivity contribution in [3.63, 3.8) is 0 Å². The number of benzene rings is 1. The van der Waals surface area contributed by atoms with Gasteiger partial charge in [-0.1, -0.05) is 71.9 Å². The van der Waals surface area contributed by atoms with E-state index in [-0.39, 0.29) is 0 Å². The van der Waals surface area contributed by atoms with Gasteiger partial charge in [-0.25, -0.2) is 0 Å². The van der Waals surface area contributed by atoms with Crippen molar-refractivity contribution in [2.24, 2.45) is 0 Å². The summed E-state index contributed by atoms with van der Waals surface area (Å²) in [6.45, 7) is 23.7. The molecule has 0 bridgehead atoms. The van der Waals surface area contributed by atoms with Crippen LogP contribution in [-0.4, -0.2) is 102 Å². The average Bonchev–Trinajstić information content (AvgIpc) is 2.82. The Labute approximate surface area is 192 Å². The molecule has 0 saturated heterocycles. The lowest BCUT2D eigenvalue weighted by molar-refractivity contribution is 0.0524. The Bertz CT molecular complexity index is 493. The van der Waals surface area contributed by atoms with Crippen LogP contribution in [0.25, 0.3) is 0 Å². The number of rotatable bonds is 19. The Morgan fingerprint density at radius 2 is 0.871 bits per heavy atom. The molecule has 1 aromatic carbocycles. The monoisotopic (exact) mass is 453 g/mol. The third-order valence-electron chi connectivity index (χ3n) is 5.91. The number of hydrogen-bond acceptors (Lipinski definition) is 6. The Kier molecular flexibility index (Phi) is 15.3. The summed E-state index contributed by atoms with van der Waals surface area (Å²) >= 11 is 0. The van der Waals surface area contributed by atoms with E-state index in [0.717, 1.165) is 64.1 Å². The lowest BCUT2D eigenvalue weighted by Gasteiger charge is -2.32. The fraction of sp³-hybridized carbons (Fsp3) is 0.750. The summed E-state index contributed by atoms with van der Waals surface area (Å²) in [5, 5.41) is 1.05. The zero-order valence-electron chi connectivity index (χ0n) is 20.9. The molecule has 0 saturated carbocycles. The second-order valence-electron chi connectivity index (χ2n) is 7.55. The largest absolute Gasteiger partial charge is 0.537 e. The van der Waals surface area contributed by atoms with E-state index < -0.39 is 8.80 Å². The summed E-state index contributed by atoms with van der Waals surface area (Å²) in [5.74, 6) is 0. The van der Waals surface area contributed by atoms with Gasteiger partial charge in [-0.3, -0.25) is 0 Å². The Morgan fingerprint density at radius 1 is 0.548 bits per heavy atom. The van der Waals surface area contributed by atoms with Crippen molar-refractivity contribution in [1.29, 1.82) is 0 Å². The molecule has 0 atom stereocenters. The zero-order valence-corrected chi connectivity index (χ0v) is 21.9. The Balaban J connectivity index is 3.00. The molecule has 7 heteroatoms. The molecule has 1 rings (SSSR count). The van der Waals surface area contributed by atoms with Gasteiger partial charge in [-0.05, 0) is 39.3 Å². The summed E-state index contributed by atoms with van der Waals surface area (Å²) in [5.41, 5.74) is 0. The van der Waals surface area contributed by atoms with E-state index in [0.29, 0.717) is 19.8 Å². The van der Waals surface area contributed by atoms with Gasteiger partial charge in [0.05, 0.1) is 19.8 Å². The van der Waals surface area contributed by atoms with Crippen LogP contribution in [-0.2, 0) is 13.3 Å². The molecule has 0 N–H and O–H groups in total. The minimum absolute atomic E-state index is 0.610. The predicted molar refractivity (Wildman–Crippen MR) is 133 cm³/mol. The van der Waals surface area contributed by atoms with Crippen molar-refractivity contribution in [3.05, 3.63) is 30.3 Å². The van der Waals surface area contributed by atoms with Gasteiger partial charge < -0.3 is 28.0 Å². The molecule has 0 aliphatic rings. The normalized spacial score (nSPS) is 12.4. The SMILES string of the molecule is CCN(CC)CCO[Si](OCCN(CC)CC)(OCCN(CC)CC)c1ccccc1. The van der Waals surface area contributed by atoms with Gasteiger partial charge in [0.2, 0.25) is 0 Å². The fourth-order valence-electron chi connectivity index (χ4n) is 3.56. The maximum atomic E-state index is 6.56. The average molecular weight is 454 g/mol. The van der Waals surface area contributed by atoms with E-state index in [1.807, 2.05) is 18.2 Å². The van der Waals surface area contributed by atoms with Gasteiger partial charge in [-0.15, -0.1) is 0 Å². The summed E-state index contributed by atoms with van der Waals surface area (Å²) in [6, 6.07) is 10.3. The minimum atomic E-state index is -3.03. The molecule has 6 nitrogen and oxygen atoms in total. The number of likely N-dealkylation sites (N-methyl/N-ethyl adjacent to an activating group) is 3. The second kappa shape index (κ2) is 16.8. The van der Waals surface area contributed by atoms with Gasteiger partial charge in [0.15, 0.2) is 0 Å². The standard InChI is InChI=1S/C24H47N3O3Si/c1-7-25(8-2)18-21-28-31(24-16-14-13-15-17-24,29-22-19-26(9-3)10-4)30-23-20-27(11-5)12-6/h13-17H,7-12,18-23H2,1-6H3. The Hall–Kier alpha value is -0.803. The minimum Gasteiger partial charge on any atom is -0.369 e. The van der Waals surface area contributed by atoms with Crippen LogP contribution in [0, 0.1) is 0 Å². The topological polar surface area (TPSA) is 37.4 Å². The summed E-state index contributed by atoms with van der Waals surface area (Å²) in [6.07, 6.45) is 0. The number of hydrogen-bond donors (Lipinski definition) is 0. The van der Waals surface area contributed by atoms with E-state index in [4.69, 9.17) is 13.3 Å². The van der Waals surface area contributed by atoms with Crippen LogP contribution < -0.4 is 5.19 Å². The first kappa shape index (κ1) is 28.2. The van der Waals surface area contributed by atoms with E-state index in [9.17, 15) is 0 Å². The van der Waals surface area contributed by atoms with Crippen LogP contribution in [0.1, 0.15) is 41.5 Å². The van der Waals surface area contributed by atoms with Crippen molar-refractivity contribution in [2.75, 3.05) is 78.7 Å². The Morgan fingerprint density at radius 3 is 1.16 bits per heavy atom. The lowest BCUT2D eigenvalue weighted by atomic mass is 10.4. The van der Waals surface area contributed by atoms with Crippen molar-refractivity contribution in [3.8, 4) is 0 Å². The lowest BCUT2D eigenvalue weighted by Crippen LogP contribution is -2.59. The van der Waals surface area contributed by atoms with Crippen LogP contribution in [0.3, 0.4) is 0 Å². The molecule has 0 aliphatic heterocycles. The molecule has 1 aromatic rings. The molecule has 0 spiro atoms. The first-order chi connectivity index (χ1) is 15.1. The molecule has 0 aliphatic carbocycles. The summed E-state index contributed by atoms with van der Waals surface area (Å²) in [7, 11) is -3.03. The van der Waals surface area contributed by atoms with Gasteiger partial charge in [0.1, 0.15) is 0 Å². The van der Waals surface area contributed by atoms with Crippen molar-refractivity contribution in [2.45, 2.75) is 41.5 Å². The van der Waals surface area contributed by atoms with E-state index in [1.54, 1.807) is 0 Å². The van der Waals surface area contributed by atoms with Gasteiger partial charge >= 0.3 is 8.80 Å². The maximum absolute atomic E-state index is 6.56. The number of nitrogens with zero attached hydrogens (tertiary/aromatic N) is 3. The van der Waals surface area contributed by atoms with E-state index in [2.05, 4.69) is 68.4 Å². The van der Waals surface area contributed by atoms with E-state index >= 15 is 0 Å². The summed E-state index contributed by atoms with van der Waals surface area (Å²) in [4.78, 5) is 7.11. The molecular weight excluding hydrogens is 406 g/mol. The van der Waals surface area contributed by atoms with Crippen LogP contribution in [0.5, 0.6) is 0 Å². The highest BCUT2D eigenvalue weighted by Crippen LogP contribution is 2.12. The van der Waals surface area contributed by atoms with Gasteiger partial charge in [0, 0.05) is 24.8 Å². The highest BCUT2D eigenvalue weighted by molar-refractivity contribution is 6.75. The molecule has 0 amide bonds. The molecule has 0 radical (unpaired) electrons. The molecule has 0 fully saturated rings. The molecule has 0 heterocycles. The van der Waals surface area contributed by atoms with Crippen molar-refractivity contribution in [1.82, 2.24) is 14.7 Å². The molecule has 0 unspecified atom stereocenters. The van der Waals surface area contributed by atoms with E-state index in [1.165, 1.54) is 0 Å². The fourth-order valence-corrected chi connectivity index (χ4v) is 5.99. The zero-order chi connectivity index (χ0) is 23.0. The first-order valence-corrected chi connectivity index (χ1v) is 14.0. The van der Waals surface area contributed by atoms with Crippen LogP contribution >= 0.6 is 0 Å². The second-order valence-corrected chi connectivity index (χ2v) is 10.1. The highest BCUT2D eigenvalue weighted by Gasteiger charge is 2.44. The summed E-state index contributed by atoms with van der Waals surface area (Å²) < 4.78 is 19.7. The molecule has 31 heavy (non-hydrogen) atoms. The highest BCUT2D eigenvalue weighted by atomic mass is 28.4. The third kappa shape index (κ3) is 10.1. The van der Waals surface area contributed by atoms with Crippen molar-refractivity contribution < 1.29 is 13.3 Å². The molecular formula is C24H47N3O3Si. The third-order valence-corrected chi connectivity index (χ3v) is 8.70. The van der Waals surface area contributed by atoms with Gasteiger partial charge in [0.25, 0.3) is 0 Å². The van der Waals surface area contributed by atoms with Crippen LogP contribution in [0.15, 0.2) is 30.3 Å². The maximum Gasteiger partial charge on any atom is 0.537 e. The van der Waals surface area contributed by atoms with Crippen LogP contribution in [0.4, 0.5) is 0 Å². The smallest absolute Gasteiger partial charge is 0.369 e. The van der Waals surface area contributed by atoms with Crippen LogP contribution in [0.2, 0.25) is 0 Å². The van der Waals surface area contributed by atoms with Crippen molar-refractivity contribution >= 4 is 14.0 Å².